The van der Waals surface area contributed by atoms with Crippen molar-refractivity contribution in [1.82, 2.24) is 0 Å². The molecule has 66 valence electrons. The molecule has 0 spiro atoms. The summed E-state index contributed by atoms with van der Waals surface area (Å²) in [5.41, 5.74) is 0. The molecular formula is C8H16O3. The van der Waals surface area contributed by atoms with Gasteiger partial charge in [-0.3, -0.25) is 4.79 Å². The first kappa shape index (κ1) is 10.4. The zero-order valence-electron chi connectivity index (χ0n) is 7.42. The summed E-state index contributed by atoms with van der Waals surface area (Å²) in [7, 11) is 0. The second-order valence-corrected chi connectivity index (χ2v) is 2.30. The van der Waals surface area contributed by atoms with Gasteiger partial charge in [0.2, 0.25) is 0 Å². The van der Waals surface area contributed by atoms with Crippen LogP contribution in [0.2, 0.25) is 0 Å². The molecule has 0 fully saturated rings. The highest BCUT2D eigenvalue weighted by molar-refractivity contribution is 5.66. The van der Waals surface area contributed by atoms with E-state index in [-0.39, 0.29) is 12.1 Å². The molecule has 3 nitrogen and oxygen atoms in total. The van der Waals surface area contributed by atoms with Crippen molar-refractivity contribution in [3.63, 3.8) is 0 Å². The van der Waals surface area contributed by atoms with Gasteiger partial charge in [-0.15, -0.1) is 0 Å². The third kappa shape index (κ3) is 5.85. The first-order chi connectivity index (χ1) is 5.20. The summed E-state index contributed by atoms with van der Waals surface area (Å²) in [5, 5.41) is 0. The van der Waals surface area contributed by atoms with E-state index < -0.39 is 0 Å². The number of hydrogen-bond donors (Lipinski definition) is 0. The normalized spacial score (nSPS) is 12.6. The highest BCUT2D eigenvalue weighted by Gasteiger charge is 2.08. The van der Waals surface area contributed by atoms with E-state index in [9.17, 15) is 4.79 Å². The molecule has 0 N–H and O–H groups in total. The van der Waals surface area contributed by atoms with Crippen molar-refractivity contribution < 1.29 is 14.3 Å². The van der Waals surface area contributed by atoms with Gasteiger partial charge in [0.25, 0.3) is 0 Å². The fourth-order valence-corrected chi connectivity index (χ4v) is 0.719. The van der Waals surface area contributed by atoms with Crippen LogP contribution in [0.5, 0.6) is 0 Å². The van der Waals surface area contributed by atoms with Gasteiger partial charge in [0.1, 0.15) is 6.10 Å². The van der Waals surface area contributed by atoms with E-state index in [2.05, 4.69) is 0 Å². The van der Waals surface area contributed by atoms with Crippen molar-refractivity contribution >= 4 is 5.97 Å². The highest BCUT2D eigenvalue weighted by atomic mass is 16.6. The molecule has 0 amide bonds. The van der Waals surface area contributed by atoms with Gasteiger partial charge in [-0.1, -0.05) is 6.92 Å². The third-order valence-corrected chi connectivity index (χ3v) is 1.30. The molecule has 0 aliphatic rings. The third-order valence-electron chi connectivity index (χ3n) is 1.30. The molecule has 0 aliphatic heterocycles. The van der Waals surface area contributed by atoms with E-state index in [0.29, 0.717) is 13.2 Å². The lowest BCUT2D eigenvalue weighted by atomic mass is 10.3. The van der Waals surface area contributed by atoms with Gasteiger partial charge >= 0.3 is 5.97 Å². The van der Waals surface area contributed by atoms with Crippen molar-refractivity contribution in [3.8, 4) is 0 Å². The Balaban J connectivity index is 3.49. The first-order valence-electron chi connectivity index (χ1n) is 3.95. The molecule has 0 saturated heterocycles. The Morgan fingerprint density at radius 1 is 1.45 bits per heavy atom. The molecule has 0 rings (SSSR count). The molecule has 0 aromatic carbocycles. The maximum Gasteiger partial charge on any atom is 0.302 e. The fourth-order valence-electron chi connectivity index (χ4n) is 0.719. The van der Waals surface area contributed by atoms with Gasteiger partial charge in [-0.2, -0.15) is 0 Å². The molecule has 0 saturated carbocycles. The molecule has 0 radical (unpaired) electrons. The molecule has 0 aliphatic carbocycles. The Bertz CT molecular complexity index is 112. The summed E-state index contributed by atoms with van der Waals surface area (Å²) < 4.78 is 10.0. The quantitative estimate of drug-likeness (QED) is 0.570. The van der Waals surface area contributed by atoms with Gasteiger partial charge in [0.15, 0.2) is 0 Å². The summed E-state index contributed by atoms with van der Waals surface area (Å²) >= 11 is 0. The average molecular weight is 160 g/mol. The van der Waals surface area contributed by atoms with Crippen LogP contribution in [-0.4, -0.2) is 25.3 Å². The van der Waals surface area contributed by atoms with Crippen LogP contribution in [0.3, 0.4) is 0 Å². The molecule has 1 unspecified atom stereocenters. The lowest BCUT2D eigenvalue weighted by molar-refractivity contribution is -0.149. The average Bonchev–Trinajstić information content (AvgIpc) is 1.97. The van der Waals surface area contributed by atoms with Gasteiger partial charge in [-0.25, -0.2) is 0 Å². The minimum absolute atomic E-state index is 0.0764. The smallest absolute Gasteiger partial charge is 0.302 e. The van der Waals surface area contributed by atoms with Crippen LogP contribution in [0.25, 0.3) is 0 Å². The standard InChI is InChI=1S/C8H16O3/c1-4-8(6-10-5-2)11-7(3)9/h8H,4-6H2,1-3H3. The summed E-state index contributed by atoms with van der Waals surface area (Å²) in [5.74, 6) is -0.239. The van der Waals surface area contributed by atoms with Crippen LogP contribution in [0.1, 0.15) is 27.2 Å². The molecule has 11 heavy (non-hydrogen) atoms. The maximum atomic E-state index is 10.5. The summed E-state index contributed by atoms with van der Waals surface area (Å²) in [6, 6.07) is 0. The lowest BCUT2D eigenvalue weighted by Gasteiger charge is -2.13. The van der Waals surface area contributed by atoms with Crippen LogP contribution in [-0.2, 0) is 14.3 Å². The zero-order valence-corrected chi connectivity index (χ0v) is 7.42. The summed E-state index contributed by atoms with van der Waals surface area (Å²) in [6.45, 7) is 6.46. The van der Waals surface area contributed by atoms with Crippen LogP contribution in [0.4, 0.5) is 0 Å². The van der Waals surface area contributed by atoms with E-state index in [1.165, 1.54) is 6.92 Å². The van der Waals surface area contributed by atoms with Crippen LogP contribution in [0, 0.1) is 0 Å². The van der Waals surface area contributed by atoms with Crippen molar-refractivity contribution in [2.45, 2.75) is 33.3 Å². The SMILES string of the molecule is CCOCC(CC)OC(C)=O. The number of carbonyl (C=O) groups excluding carboxylic acids is 1. The minimum Gasteiger partial charge on any atom is -0.460 e. The predicted molar refractivity (Wildman–Crippen MR) is 42.3 cm³/mol. The van der Waals surface area contributed by atoms with Crippen LogP contribution < -0.4 is 0 Å². The highest BCUT2D eigenvalue weighted by Crippen LogP contribution is 1.98. The van der Waals surface area contributed by atoms with Gasteiger partial charge in [0.05, 0.1) is 6.61 Å². The monoisotopic (exact) mass is 160 g/mol. The van der Waals surface area contributed by atoms with E-state index in [4.69, 9.17) is 9.47 Å². The number of esters is 1. The van der Waals surface area contributed by atoms with E-state index in [1.807, 2.05) is 13.8 Å². The number of hydrogen-bond acceptors (Lipinski definition) is 3. The zero-order chi connectivity index (χ0) is 8.69. The Hall–Kier alpha value is -0.570. The molecule has 0 aromatic heterocycles. The molecule has 1 atom stereocenters. The van der Waals surface area contributed by atoms with E-state index in [0.717, 1.165) is 6.42 Å². The minimum atomic E-state index is -0.239. The van der Waals surface area contributed by atoms with E-state index >= 15 is 0 Å². The Morgan fingerprint density at radius 3 is 2.45 bits per heavy atom. The Labute approximate surface area is 67.7 Å². The van der Waals surface area contributed by atoms with Crippen molar-refractivity contribution in [2.24, 2.45) is 0 Å². The van der Waals surface area contributed by atoms with Crippen molar-refractivity contribution in [1.29, 1.82) is 0 Å². The molecular weight excluding hydrogens is 144 g/mol. The largest absolute Gasteiger partial charge is 0.460 e. The first-order valence-corrected chi connectivity index (χ1v) is 3.95. The van der Waals surface area contributed by atoms with Crippen LogP contribution in [0.15, 0.2) is 0 Å². The van der Waals surface area contributed by atoms with Gasteiger partial charge in [-0.05, 0) is 13.3 Å². The molecule has 0 heterocycles. The lowest BCUT2D eigenvalue weighted by Crippen LogP contribution is -2.21. The summed E-state index contributed by atoms with van der Waals surface area (Å²) in [6.07, 6.45) is 0.729. The molecule has 3 heteroatoms. The van der Waals surface area contributed by atoms with E-state index in [1.54, 1.807) is 0 Å². The Morgan fingerprint density at radius 2 is 2.09 bits per heavy atom. The van der Waals surface area contributed by atoms with Crippen LogP contribution >= 0.6 is 0 Å². The van der Waals surface area contributed by atoms with Crippen molar-refractivity contribution in [2.75, 3.05) is 13.2 Å². The second kappa shape index (κ2) is 6.16. The predicted octanol–water partition coefficient (Wildman–Crippen LogP) is 1.36. The fraction of sp³-hybridized carbons (Fsp3) is 0.875. The topological polar surface area (TPSA) is 35.5 Å². The Kier molecular flexibility index (Phi) is 5.84. The van der Waals surface area contributed by atoms with Gasteiger partial charge in [0, 0.05) is 13.5 Å². The number of carbonyl (C=O) groups is 1. The van der Waals surface area contributed by atoms with Crippen molar-refractivity contribution in [3.05, 3.63) is 0 Å². The number of rotatable bonds is 5. The second-order valence-electron chi connectivity index (χ2n) is 2.30. The number of ether oxygens (including phenoxy) is 2. The molecule has 0 bridgehead atoms. The molecule has 0 aromatic rings. The van der Waals surface area contributed by atoms with Gasteiger partial charge < -0.3 is 9.47 Å². The maximum absolute atomic E-state index is 10.5. The summed E-state index contributed by atoms with van der Waals surface area (Å²) in [4.78, 5) is 10.5.